The number of carbonyl (C=O) groups excluding carboxylic acids is 2. The summed E-state index contributed by atoms with van der Waals surface area (Å²) in [6, 6.07) is 13.7. The molecule has 5 rings (SSSR count). The summed E-state index contributed by atoms with van der Waals surface area (Å²) in [4.78, 5) is 41.8. The van der Waals surface area contributed by atoms with Crippen molar-refractivity contribution >= 4 is 39.6 Å². The fraction of sp³-hybridized carbons (Fsp3) is 0.231. The molecule has 0 fully saturated rings. The summed E-state index contributed by atoms with van der Waals surface area (Å²) >= 11 is 0. The molecule has 1 aliphatic rings. The zero-order valence-corrected chi connectivity index (χ0v) is 18.6. The van der Waals surface area contributed by atoms with E-state index in [-0.39, 0.29) is 18.8 Å². The second-order valence-electron chi connectivity index (χ2n) is 8.01. The number of pyridine rings is 1. The second-order valence-corrected chi connectivity index (χ2v) is 8.01. The number of esters is 1. The molecule has 0 saturated carbocycles. The van der Waals surface area contributed by atoms with Gasteiger partial charge in [-0.15, -0.1) is 0 Å². The minimum atomic E-state index is -0.605. The van der Waals surface area contributed by atoms with Crippen LogP contribution in [0.3, 0.4) is 0 Å². The molecular formula is C26H22N2O6. The van der Waals surface area contributed by atoms with Crippen LogP contribution in [-0.4, -0.2) is 23.7 Å². The summed E-state index contributed by atoms with van der Waals surface area (Å²) in [5.41, 5.74) is 3.81. The van der Waals surface area contributed by atoms with Gasteiger partial charge in [0.15, 0.2) is 0 Å². The van der Waals surface area contributed by atoms with Gasteiger partial charge in [-0.05, 0) is 49.9 Å². The summed E-state index contributed by atoms with van der Waals surface area (Å²) in [7, 11) is 0. The lowest BCUT2D eigenvalue weighted by Crippen LogP contribution is -2.13. The number of aromatic nitrogens is 1. The highest BCUT2D eigenvalue weighted by Gasteiger charge is 2.25. The number of para-hydroxylation sites is 1. The molecule has 34 heavy (non-hydrogen) atoms. The molecular weight excluding hydrogens is 436 g/mol. The van der Waals surface area contributed by atoms with Gasteiger partial charge in [0.25, 0.3) is 0 Å². The van der Waals surface area contributed by atoms with Crippen molar-refractivity contribution in [3.63, 3.8) is 0 Å². The first-order chi connectivity index (χ1) is 16.5. The van der Waals surface area contributed by atoms with Gasteiger partial charge < -0.3 is 13.9 Å². The number of fused-ring (bicyclic) bond motifs is 3. The number of carbonyl (C=O) groups is 2. The Hall–Kier alpha value is -4.20. The highest BCUT2D eigenvalue weighted by Crippen LogP contribution is 2.31. The van der Waals surface area contributed by atoms with Gasteiger partial charge in [-0.3, -0.25) is 10.3 Å². The van der Waals surface area contributed by atoms with Gasteiger partial charge in [0.05, 0.1) is 17.7 Å². The highest BCUT2D eigenvalue weighted by atomic mass is 16.5. The number of ether oxygens (including phenoxy) is 2. The average Bonchev–Trinajstić information content (AvgIpc) is 3.28. The van der Waals surface area contributed by atoms with Crippen molar-refractivity contribution in [3.8, 4) is 0 Å². The maximum atomic E-state index is 13.2. The van der Waals surface area contributed by atoms with E-state index in [1.807, 2.05) is 24.3 Å². The molecule has 0 bridgehead atoms. The number of nitrogens with one attached hydrogen (secondary N) is 1. The topological polar surface area (TPSA) is 108 Å². The monoisotopic (exact) mass is 458 g/mol. The molecule has 8 nitrogen and oxygen atoms in total. The number of amides is 1. The predicted molar refractivity (Wildman–Crippen MR) is 126 cm³/mol. The van der Waals surface area contributed by atoms with Gasteiger partial charge in [0.2, 0.25) is 0 Å². The van der Waals surface area contributed by atoms with Crippen LogP contribution in [0.4, 0.5) is 10.5 Å². The Labute approximate surface area is 194 Å². The smallest absolute Gasteiger partial charge is 0.411 e. The van der Waals surface area contributed by atoms with E-state index in [9.17, 15) is 14.4 Å². The van der Waals surface area contributed by atoms with Crippen LogP contribution in [-0.2, 0) is 28.9 Å². The molecule has 0 saturated heterocycles. The Kier molecular flexibility index (Phi) is 5.71. The Balaban J connectivity index is 1.44. The summed E-state index contributed by atoms with van der Waals surface area (Å²) in [6.45, 7) is 1.84. The van der Waals surface area contributed by atoms with Crippen LogP contribution in [0.2, 0.25) is 0 Å². The summed E-state index contributed by atoms with van der Waals surface area (Å²) in [5.74, 6) is -0.446. The van der Waals surface area contributed by atoms with Crippen molar-refractivity contribution in [2.45, 2.75) is 32.8 Å². The first kappa shape index (κ1) is 21.6. The number of benzene rings is 2. The average molecular weight is 458 g/mol. The molecule has 2 heterocycles. The van der Waals surface area contributed by atoms with Crippen molar-refractivity contribution < 1.29 is 23.5 Å². The van der Waals surface area contributed by atoms with Gasteiger partial charge in [0.1, 0.15) is 12.2 Å². The van der Waals surface area contributed by atoms with E-state index in [0.717, 1.165) is 41.4 Å². The van der Waals surface area contributed by atoms with E-state index in [0.29, 0.717) is 22.2 Å². The summed E-state index contributed by atoms with van der Waals surface area (Å²) in [6.07, 6.45) is 1.97. The van der Waals surface area contributed by atoms with Crippen molar-refractivity contribution in [3.05, 3.63) is 81.3 Å². The number of aryl methyl sites for hydroxylation is 1. The maximum Gasteiger partial charge on any atom is 0.411 e. The third-order valence-corrected chi connectivity index (χ3v) is 5.83. The molecule has 1 amide bonds. The van der Waals surface area contributed by atoms with Crippen LogP contribution >= 0.6 is 0 Å². The minimum Gasteiger partial charge on any atom is -0.457 e. The van der Waals surface area contributed by atoms with E-state index in [1.165, 1.54) is 12.1 Å². The fourth-order valence-electron chi connectivity index (χ4n) is 4.37. The predicted octanol–water partition coefficient (Wildman–Crippen LogP) is 4.76. The molecule has 1 aliphatic carbocycles. The maximum absolute atomic E-state index is 13.2. The van der Waals surface area contributed by atoms with Crippen LogP contribution in [0.5, 0.6) is 0 Å². The molecule has 8 heteroatoms. The zero-order chi connectivity index (χ0) is 23.7. The van der Waals surface area contributed by atoms with Crippen molar-refractivity contribution in [2.75, 3.05) is 11.9 Å². The van der Waals surface area contributed by atoms with Crippen LogP contribution in [0.25, 0.3) is 21.9 Å². The molecule has 2 aromatic heterocycles. The molecule has 0 aliphatic heterocycles. The molecule has 1 N–H and O–H groups in total. The van der Waals surface area contributed by atoms with Crippen LogP contribution in [0.15, 0.2) is 57.7 Å². The zero-order valence-electron chi connectivity index (χ0n) is 18.6. The molecule has 0 atom stereocenters. The number of hydrogen-bond donors (Lipinski definition) is 1. The van der Waals surface area contributed by atoms with Gasteiger partial charge in [-0.25, -0.2) is 14.4 Å². The highest BCUT2D eigenvalue weighted by molar-refractivity contribution is 6.05. The molecule has 172 valence electrons. The molecule has 0 radical (unpaired) electrons. The quantitative estimate of drug-likeness (QED) is 0.339. The summed E-state index contributed by atoms with van der Waals surface area (Å²) < 4.78 is 15.9. The van der Waals surface area contributed by atoms with Gasteiger partial charge >= 0.3 is 17.7 Å². The number of nitrogens with zero attached hydrogens (tertiary/aromatic N) is 1. The van der Waals surface area contributed by atoms with E-state index in [2.05, 4.69) is 5.32 Å². The van der Waals surface area contributed by atoms with E-state index < -0.39 is 17.7 Å². The van der Waals surface area contributed by atoms with Crippen LogP contribution in [0, 0.1) is 0 Å². The van der Waals surface area contributed by atoms with Crippen molar-refractivity contribution in [1.29, 1.82) is 0 Å². The Morgan fingerprint density at radius 1 is 1.06 bits per heavy atom. The molecule has 2 aromatic carbocycles. The first-order valence-electron chi connectivity index (χ1n) is 11.1. The Morgan fingerprint density at radius 3 is 2.76 bits per heavy atom. The lowest BCUT2D eigenvalue weighted by Gasteiger charge is -2.13. The van der Waals surface area contributed by atoms with Gasteiger partial charge in [-0.2, -0.15) is 0 Å². The van der Waals surface area contributed by atoms with Crippen molar-refractivity contribution in [1.82, 2.24) is 4.98 Å². The normalized spacial score (nSPS) is 12.5. The molecule has 0 unspecified atom stereocenters. The standard InChI is InChI=1S/C26H22N2O6/c1-2-32-26(31)27-16-10-11-17-15(12-23(29)34-22(17)13-16)14-33-25(30)24-18-6-3-4-8-20(18)28-21-9-5-7-19(21)24/h3-4,6,8,10-13H,2,5,7,9,14H2,1H3,(H,27,31). The Morgan fingerprint density at radius 2 is 1.91 bits per heavy atom. The van der Waals surface area contributed by atoms with Crippen LogP contribution < -0.4 is 10.9 Å². The first-order valence-corrected chi connectivity index (χ1v) is 11.1. The SMILES string of the molecule is CCOC(=O)Nc1ccc2c(COC(=O)c3c4c(nc5ccccc35)CCC4)cc(=O)oc2c1. The summed E-state index contributed by atoms with van der Waals surface area (Å²) in [5, 5.41) is 3.94. The number of hydrogen-bond acceptors (Lipinski definition) is 7. The lowest BCUT2D eigenvalue weighted by molar-refractivity contribution is 0.0475. The largest absolute Gasteiger partial charge is 0.457 e. The van der Waals surface area contributed by atoms with Gasteiger partial charge in [0, 0.05) is 39.8 Å². The number of anilines is 1. The van der Waals surface area contributed by atoms with E-state index in [1.54, 1.807) is 19.1 Å². The third kappa shape index (κ3) is 4.10. The molecule has 4 aromatic rings. The molecule has 0 spiro atoms. The van der Waals surface area contributed by atoms with Gasteiger partial charge in [-0.1, -0.05) is 18.2 Å². The van der Waals surface area contributed by atoms with Crippen molar-refractivity contribution in [2.24, 2.45) is 0 Å². The Bertz CT molecular complexity index is 1490. The van der Waals surface area contributed by atoms with Crippen LogP contribution in [0.1, 0.15) is 40.5 Å². The van der Waals surface area contributed by atoms with E-state index in [4.69, 9.17) is 18.9 Å². The number of rotatable bonds is 5. The third-order valence-electron chi connectivity index (χ3n) is 5.83. The fourth-order valence-corrected chi connectivity index (χ4v) is 4.37. The second kappa shape index (κ2) is 8.97. The lowest BCUT2D eigenvalue weighted by atomic mass is 10.0. The minimum absolute atomic E-state index is 0.100. The van der Waals surface area contributed by atoms with E-state index >= 15 is 0 Å².